The number of esters is 1. The molecular weight excluding hydrogens is 488 g/mol. The summed E-state index contributed by atoms with van der Waals surface area (Å²) in [6.07, 6.45) is 2.29. The molecule has 13 heteroatoms. The van der Waals surface area contributed by atoms with Crippen molar-refractivity contribution in [1.82, 2.24) is 0 Å². The molecule has 0 radical (unpaired) electrons. The van der Waals surface area contributed by atoms with Crippen molar-refractivity contribution in [2.75, 3.05) is 6.61 Å². The Morgan fingerprint density at radius 2 is 1.47 bits per heavy atom. The third kappa shape index (κ3) is 4.14. The summed E-state index contributed by atoms with van der Waals surface area (Å²) in [5, 5.41) is 17.0. The van der Waals surface area contributed by atoms with Crippen molar-refractivity contribution in [3.8, 4) is 0 Å². The smallest absolute Gasteiger partial charge is 0.431 e. The lowest BCUT2D eigenvalue weighted by Gasteiger charge is -2.46. The summed E-state index contributed by atoms with van der Waals surface area (Å²) in [7, 11) is -6.37. The highest BCUT2D eigenvalue weighted by Crippen LogP contribution is 2.60. The fraction of sp³-hybridized carbons (Fsp3) is 0.952. The van der Waals surface area contributed by atoms with Gasteiger partial charge < -0.3 is 19.7 Å². The number of halogens is 4. The van der Waals surface area contributed by atoms with E-state index in [4.69, 9.17) is 14.0 Å². The van der Waals surface area contributed by atoms with Crippen LogP contribution in [0.4, 0.5) is 17.6 Å². The van der Waals surface area contributed by atoms with Gasteiger partial charge in [-0.1, -0.05) is 25.7 Å². The third-order valence-electron chi connectivity index (χ3n) is 8.25. The van der Waals surface area contributed by atoms with Crippen LogP contribution < -0.4 is 0 Å². The first-order valence-electron chi connectivity index (χ1n) is 11.6. The summed E-state index contributed by atoms with van der Waals surface area (Å²) in [4.78, 5) is 12.7. The molecule has 3 N–H and O–H groups in total. The largest absolute Gasteiger partial charge is 0.465 e. The van der Waals surface area contributed by atoms with Gasteiger partial charge in [0.25, 0.3) is 0 Å². The molecule has 4 aliphatic rings. The van der Waals surface area contributed by atoms with Crippen LogP contribution in [0.25, 0.3) is 0 Å². The minimum Gasteiger partial charge on any atom is -0.465 e. The summed E-state index contributed by atoms with van der Waals surface area (Å²) in [6, 6.07) is 0. The van der Waals surface area contributed by atoms with E-state index in [1.165, 1.54) is 0 Å². The van der Waals surface area contributed by atoms with Crippen molar-refractivity contribution >= 4 is 16.1 Å². The highest BCUT2D eigenvalue weighted by atomic mass is 32.2. The van der Waals surface area contributed by atoms with Crippen molar-refractivity contribution < 1.29 is 55.0 Å². The monoisotopic (exact) mass is 518 g/mol. The third-order valence-corrected chi connectivity index (χ3v) is 9.20. The van der Waals surface area contributed by atoms with Crippen molar-refractivity contribution in [3.63, 3.8) is 0 Å². The standard InChI is InChI=1S/C21H30F4O8S/c22-20(23,21(24,25)34(29,30)31)9-10-32-17(26)12-11-13-14(18(27)5-1-2-6-18)15(16(12)33-13)19(28)7-3-4-8-19/h12-16,27-28H,1-11H2,(H,29,30,31). The number of rotatable bonds is 8. The molecule has 2 bridgehead atoms. The Morgan fingerprint density at radius 3 is 1.97 bits per heavy atom. The Hall–Kier alpha value is -1.02. The molecule has 2 aliphatic heterocycles. The summed E-state index contributed by atoms with van der Waals surface area (Å²) < 4.78 is 94.5. The lowest BCUT2D eigenvalue weighted by molar-refractivity contribution is -0.178. The predicted octanol–water partition coefficient (Wildman–Crippen LogP) is 2.67. The van der Waals surface area contributed by atoms with Gasteiger partial charge >= 0.3 is 27.3 Å². The van der Waals surface area contributed by atoms with E-state index in [1.54, 1.807) is 0 Å². The lowest BCUT2D eigenvalue weighted by atomic mass is 9.60. The van der Waals surface area contributed by atoms with Crippen LogP contribution in [0.5, 0.6) is 0 Å². The molecule has 2 saturated heterocycles. The minimum absolute atomic E-state index is 0.140. The molecule has 2 aliphatic carbocycles. The van der Waals surface area contributed by atoms with Crippen LogP contribution in [0.1, 0.15) is 64.2 Å². The van der Waals surface area contributed by atoms with Crippen LogP contribution in [0.3, 0.4) is 0 Å². The van der Waals surface area contributed by atoms with Gasteiger partial charge in [0, 0.05) is 11.8 Å². The average Bonchev–Trinajstić information content (AvgIpc) is 3.50. The number of hydrogen-bond acceptors (Lipinski definition) is 7. The van der Waals surface area contributed by atoms with E-state index in [-0.39, 0.29) is 12.3 Å². The molecule has 5 atom stereocenters. The van der Waals surface area contributed by atoms with Crippen molar-refractivity contribution in [3.05, 3.63) is 0 Å². The van der Waals surface area contributed by atoms with Crippen LogP contribution in [0.2, 0.25) is 0 Å². The van der Waals surface area contributed by atoms with Crippen LogP contribution in [-0.2, 0) is 24.4 Å². The number of carbonyl (C=O) groups is 1. The highest BCUT2D eigenvalue weighted by Gasteiger charge is 2.68. The van der Waals surface area contributed by atoms with E-state index in [9.17, 15) is 41.0 Å². The fourth-order valence-electron chi connectivity index (χ4n) is 6.65. The van der Waals surface area contributed by atoms with Crippen molar-refractivity contribution in [2.24, 2.45) is 17.8 Å². The Labute approximate surface area is 194 Å². The summed E-state index contributed by atoms with van der Waals surface area (Å²) in [5.41, 5.74) is -2.17. The van der Waals surface area contributed by atoms with Gasteiger partial charge in [-0.15, -0.1) is 0 Å². The lowest BCUT2D eigenvalue weighted by Crippen LogP contribution is -2.56. The van der Waals surface area contributed by atoms with E-state index in [0.717, 1.165) is 25.7 Å². The first-order chi connectivity index (χ1) is 15.6. The zero-order valence-corrected chi connectivity index (χ0v) is 19.3. The maximum Gasteiger partial charge on any atom is 0.431 e. The Balaban J connectivity index is 1.45. The second-order valence-corrected chi connectivity index (χ2v) is 11.7. The summed E-state index contributed by atoms with van der Waals surface area (Å²) >= 11 is 0. The van der Waals surface area contributed by atoms with Gasteiger partial charge in [-0.25, -0.2) is 0 Å². The average molecular weight is 519 g/mol. The molecule has 0 spiro atoms. The van der Waals surface area contributed by atoms with Gasteiger partial charge in [0.15, 0.2) is 0 Å². The molecule has 5 unspecified atom stereocenters. The second kappa shape index (κ2) is 8.53. The first kappa shape index (κ1) is 26.1. The molecule has 0 amide bonds. The maximum absolute atomic E-state index is 13.7. The van der Waals surface area contributed by atoms with Gasteiger partial charge in [0.2, 0.25) is 0 Å². The molecule has 0 aromatic carbocycles. The van der Waals surface area contributed by atoms with E-state index < -0.39 is 75.5 Å². The number of aliphatic hydroxyl groups is 2. The van der Waals surface area contributed by atoms with Crippen molar-refractivity contribution in [1.29, 1.82) is 0 Å². The Kier molecular flexibility index (Phi) is 6.54. The molecule has 2 saturated carbocycles. The number of carbonyl (C=O) groups excluding carboxylic acids is 1. The maximum atomic E-state index is 13.7. The van der Waals surface area contributed by atoms with Gasteiger partial charge in [0.1, 0.15) is 0 Å². The zero-order chi connectivity index (χ0) is 25.2. The molecule has 196 valence electrons. The topological polar surface area (TPSA) is 130 Å². The highest BCUT2D eigenvalue weighted by molar-refractivity contribution is 7.87. The first-order valence-corrected chi connectivity index (χ1v) is 13.1. The molecule has 4 fully saturated rings. The van der Waals surface area contributed by atoms with Gasteiger partial charge in [-0.3, -0.25) is 9.35 Å². The Bertz CT molecular complexity index is 898. The molecular formula is C21H30F4O8S. The predicted molar refractivity (Wildman–Crippen MR) is 108 cm³/mol. The van der Waals surface area contributed by atoms with Crippen LogP contribution >= 0.6 is 0 Å². The van der Waals surface area contributed by atoms with E-state index in [1.807, 2.05) is 0 Å². The fourth-order valence-corrected chi connectivity index (χ4v) is 7.13. The number of alkyl halides is 4. The van der Waals surface area contributed by atoms with Gasteiger partial charge in [0.05, 0.1) is 42.4 Å². The molecule has 4 rings (SSSR count). The van der Waals surface area contributed by atoms with Crippen LogP contribution in [0, 0.1) is 17.8 Å². The minimum atomic E-state index is -6.37. The van der Waals surface area contributed by atoms with E-state index >= 15 is 0 Å². The number of fused-ring (bicyclic) bond motifs is 2. The van der Waals surface area contributed by atoms with E-state index in [0.29, 0.717) is 25.7 Å². The molecule has 2 heterocycles. The SMILES string of the molecule is O=C(OCCC(F)(F)C(F)(F)S(=O)(=O)O)C1CC2OC1C(C1(O)CCCC1)C2C1(O)CCCC1. The van der Waals surface area contributed by atoms with Crippen molar-refractivity contribution in [2.45, 2.75) is 98.8 Å². The van der Waals surface area contributed by atoms with Crippen LogP contribution in [0.15, 0.2) is 0 Å². The van der Waals surface area contributed by atoms with Crippen LogP contribution in [-0.4, -0.2) is 70.3 Å². The zero-order valence-electron chi connectivity index (χ0n) is 18.5. The molecule has 0 aromatic rings. The summed E-state index contributed by atoms with van der Waals surface area (Å²) in [5.74, 6) is -8.01. The van der Waals surface area contributed by atoms with Gasteiger partial charge in [-0.2, -0.15) is 26.0 Å². The Morgan fingerprint density at radius 1 is 0.971 bits per heavy atom. The quantitative estimate of drug-likeness (QED) is 0.254. The van der Waals surface area contributed by atoms with E-state index in [2.05, 4.69) is 0 Å². The van der Waals surface area contributed by atoms with Gasteiger partial charge in [-0.05, 0) is 32.1 Å². The number of ether oxygens (including phenoxy) is 2. The number of hydrogen-bond donors (Lipinski definition) is 3. The molecule has 0 aromatic heterocycles. The normalized spacial score (nSPS) is 35.1. The summed E-state index contributed by atoms with van der Waals surface area (Å²) in [6.45, 7) is -1.20. The molecule has 34 heavy (non-hydrogen) atoms. The second-order valence-electron chi connectivity index (χ2n) is 10.3. The molecule has 8 nitrogen and oxygen atoms in total.